The Labute approximate surface area is 179 Å². The number of piperidine rings is 1. The fourth-order valence-electron chi connectivity index (χ4n) is 7.36. The maximum absolute atomic E-state index is 13.5. The topological polar surface area (TPSA) is 33.2 Å². The summed E-state index contributed by atoms with van der Waals surface area (Å²) in [5.74, 6) is 3.86. The normalized spacial score (nSPS) is 32.9. The van der Waals surface area contributed by atoms with Gasteiger partial charge < -0.3 is 4.90 Å². The van der Waals surface area contributed by atoms with Crippen LogP contribution in [-0.2, 0) is 4.79 Å². The predicted octanol–water partition coefficient (Wildman–Crippen LogP) is 6.02. The summed E-state index contributed by atoms with van der Waals surface area (Å²) >= 11 is 0. The largest absolute Gasteiger partial charge is 0.356 e. The molecule has 3 nitrogen and oxygen atoms in total. The van der Waals surface area contributed by atoms with Gasteiger partial charge in [-0.25, -0.2) is 4.98 Å². The van der Waals surface area contributed by atoms with Crippen LogP contribution in [0.15, 0.2) is 36.4 Å². The van der Waals surface area contributed by atoms with Crippen LogP contribution in [0.4, 0.5) is 5.82 Å². The molecule has 0 N–H and O–H groups in total. The van der Waals surface area contributed by atoms with Crippen LogP contribution < -0.4 is 4.90 Å². The van der Waals surface area contributed by atoms with Gasteiger partial charge in [-0.3, -0.25) is 4.79 Å². The highest BCUT2D eigenvalue weighted by Crippen LogP contribution is 2.60. The summed E-state index contributed by atoms with van der Waals surface area (Å²) in [5.41, 5.74) is 2.09. The monoisotopic (exact) mass is 400 g/mol. The molecule has 1 aromatic heterocycles. The minimum Gasteiger partial charge on any atom is -0.356 e. The van der Waals surface area contributed by atoms with Gasteiger partial charge in [-0.1, -0.05) is 18.2 Å². The van der Waals surface area contributed by atoms with Crippen molar-refractivity contribution in [1.82, 2.24) is 4.98 Å². The van der Waals surface area contributed by atoms with E-state index in [-0.39, 0.29) is 5.41 Å². The Hall–Kier alpha value is -2.16. The van der Waals surface area contributed by atoms with Gasteiger partial charge in [0.15, 0.2) is 5.78 Å². The van der Waals surface area contributed by atoms with Crippen molar-refractivity contribution in [3.63, 3.8) is 0 Å². The Balaban J connectivity index is 1.33. The van der Waals surface area contributed by atoms with Crippen molar-refractivity contribution in [2.75, 3.05) is 18.0 Å². The van der Waals surface area contributed by atoms with Crippen molar-refractivity contribution >= 4 is 28.6 Å². The second-order valence-corrected chi connectivity index (χ2v) is 10.5. The number of para-hydroxylation sites is 1. The Morgan fingerprint density at radius 2 is 1.63 bits per heavy atom. The molecule has 0 atom stereocenters. The molecule has 4 saturated carbocycles. The molecule has 0 amide bonds. The fourth-order valence-corrected chi connectivity index (χ4v) is 7.36. The van der Waals surface area contributed by atoms with Gasteiger partial charge >= 0.3 is 0 Å². The Bertz CT molecular complexity index is 966. The summed E-state index contributed by atoms with van der Waals surface area (Å²) in [5, 5.41) is 1.15. The van der Waals surface area contributed by atoms with Gasteiger partial charge in [0.2, 0.25) is 0 Å². The van der Waals surface area contributed by atoms with Crippen molar-refractivity contribution < 1.29 is 4.79 Å². The van der Waals surface area contributed by atoms with E-state index in [9.17, 15) is 4.79 Å². The molecule has 2 aromatic rings. The lowest BCUT2D eigenvalue weighted by Gasteiger charge is -2.55. The van der Waals surface area contributed by atoms with E-state index in [4.69, 9.17) is 4.98 Å². The third-order valence-corrected chi connectivity index (χ3v) is 8.36. The first-order valence-electron chi connectivity index (χ1n) is 12.1. The molecule has 2 heterocycles. The molecule has 156 valence electrons. The molecule has 0 unspecified atom stereocenters. The Morgan fingerprint density at radius 1 is 0.967 bits per heavy atom. The first-order chi connectivity index (χ1) is 14.7. The molecule has 7 rings (SSSR count). The lowest BCUT2D eigenvalue weighted by molar-refractivity contribution is -0.138. The second-order valence-electron chi connectivity index (χ2n) is 10.5. The second kappa shape index (κ2) is 7.21. The number of allylic oxidation sites excluding steroid dienone is 1. The van der Waals surface area contributed by atoms with Gasteiger partial charge in [-0.15, -0.1) is 0 Å². The number of rotatable bonds is 4. The van der Waals surface area contributed by atoms with Gasteiger partial charge in [0, 0.05) is 29.5 Å². The summed E-state index contributed by atoms with van der Waals surface area (Å²) < 4.78 is 0. The van der Waals surface area contributed by atoms with Crippen LogP contribution in [0.2, 0.25) is 0 Å². The number of fused-ring (bicyclic) bond motifs is 1. The third-order valence-electron chi connectivity index (χ3n) is 8.36. The van der Waals surface area contributed by atoms with E-state index in [0.717, 1.165) is 72.4 Å². The summed E-state index contributed by atoms with van der Waals surface area (Å²) in [6.07, 6.45) is 15.3. The summed E-state index contributed by atoms with van der Waals surface area (Å²) in [6.45, 7) is 2.13. The number of carbonyl (C=O) groups excluding carboxylic acids is 1. The highest BCUT2D eigenvalue weighted by Gasteiger charge is 2.53. The number of aromatic nitrogens is 1. The van der Waals surface area contributed by atoms with E-state index in [1.54, 1.807) is 0 Å². The maximum Gasteiger partial charge on any atom is 0.161 e. The number of ketones is 1. The van der Waals surface area contributed by atoms with Crippen molar-refractivity contribution in [3.8, 4) is 0 Å². The molecular weight excluding hydrogens is 368 g/mol. The van der Waals surface area contributed by atoms with E-state index >= 15 is 0 Å². The van der Waals surface area contributed by atoms with Crippen LogP contribution in [0, 0.1) is 23.2 Å². The molecule has 4 bridgehead atoms. The van der Waals surface area contributed by atoms with Gasteiger partial charge in [0.25, 0.3) is 0 Å². The van der Waals surface area contributed by atoms with Crippen molar-refractivity contribution in [1.29, 1.82) is 0 Å². The molecule has 3 heteroatoms. The minimum atomic E-state index is -0.0547. The number of benzene rings is 1. The van der Waals surface area contributed by atoms with Crippen LogP contribution in [0.5, 0.6) is 0 Å². The molecule has 5 aliphatic rings. The number of pyridine rings is 1. The summed E-state index contributed by atoms with van der Waals surface area (Å²) in [7, 11) is 0. The van der Waals surface area contributed by atoms with E-state index < -0.39 is 0 Å². The lowest BCUT2D eigenvalue weighted by atomic mass is 9.48. The van der Waals surface area contributed by atoms with Crippen molar-refractivity contribution in [3.05, 3.63) is 42.0 Å². The Kier molecular flexibility index (Phi) is 4.47. The average Bonchev–Trinajstić information content (AvgIpc) is 2.76. The van der Waals surface area contributed by atoms with Crippen LogP contribution in [0.25, 0.3) is 17.0 Å². The molecule has 0 spiro atoms. The van der Waals surface area contributed by atoms with Crippen LogP contribution in [-0.4, -0.2) is 23.9 Å². The SMILES string of the molecule is O=C(C=Cc1cc2ccccc2nc1N1CCCCC1)C12CC3CC(CC(C3)C1)C2. The van der Waals surface area contributed by atoms with Gasteiger partial charge in [0.05, 0.1) is 5.52 Å². The number of anilines is 1. The smallest absolute Gasteiger partial charge is 0.161 e. The third kappa shape index (κ3) is 3.18. The van der Waals surface area contributed by atoms with E-state index in [2.05, 4.69) is 41.3 Å². The zero-order chi connectivity index (χ0) is 20.1. The highest BCUT2D eigenvalue weighted by molar-refractivity contribution is 5.99. The molecule has 1 aliphatic heterocycles. The van der Waals surface area contributed by atoms with Gasteiger partial charge in [-0.2, -0.15) is 0 Å². The van der Waals surface area contributed by atoms with E-state index in [1.165, 1.54) is 38.5 Å². The standard InChI is InChI=1S/C27H32N2O/c30-25(27-16-19-12-20(17-27)14-21(13-19)18-27)9-8-23-15-22-6-2-3-7-24(22)28-26(23)29-10-4-1-5-11-29/h2-3,6-9,15,19-21H,1,4-5,10-14,16-18H2. The zero-order valence-corrected chi connectivity index (χ0v) is 17.9. The van der Waals surface area contributed by atoms with Crippen LogP contribution >= 0.6 is 0 Å². The van der Waals surface area contributed by atoms with Gasteiger partial charge in [0.1, 0.15) is 5.82 Å². The molecule has 30 heavy (non-hydrogen) atoms. The minimum absolute atomic E-state index is 0.0547. The van der Waals surface area contributed by atoms with E-state index in [1.807, 2.05) is 6.08 Å². The Morgan fingerprint density at radius 3 is 2.33 bits per heavy atom. The van der Waals surface area contributed by atoms with Crippen molar-refractivity contribution in [2.45, 2.75) is 57.8 Å². The first kappa shape index (κ1) is 18.6. The van der Waals surface area contributed by atoms with E-state index in [0.29, 0.717) is 5.78 Å². The van der Waals surface area contributed by atoms with Gasteiger partial charge in [-0.05, 0) is 99.8 Å². The maximum atomic E-state index is 13.5. The van der Waals surface area contributed by atoms with Crippen molar-refractivity contribution in [2.24, 2.45) is 23.2 Å². The summed E-state index contributed by atoms with van der Waals surface area (Å²) in [6, 6.07) is 10.6. The molecule has 1 aromatic carbocycles. The molecule has 5 fully saturated rings. The number of hydrogen-bond acceptors (Lipinski definition) is 3. The van der Waals surface area contributed by atoms with Crippen LogP contribution in [0.3, 0.4) is 0 Å². The molecule has 4 aliphatic carbocycles. The zero-order valence-electron chi connectivity index (χ0n) is 17.9. The fraction of sp³-hybridized carbons (Fsp3) is 0.556. The molecular formula is C27H32N2O. The molecule has 0 radical (unpaired) electrons. The first-order valence-corrected chi connectivity index (χ1v) is 12.1. The highest BCUT2D eigenvalue weighted by atomic mass is 16.1. The lowest BCUT2D eigenvalue weighted by Crippen LogP contribution is -2.49. The average molecular weight is 401 g/mol. The van der Waals surface area contributed by atoms with Crippen LogP contribution in [0.1, 0.15) is 63.4 Å². The predicted molar refractivity (Wildman–Crippen MR) is 122 cm³/mol. The summed E-state index contributed by atoms with van der Waals surface area (Å²) in [4.78, 5) is 21.0. The number of carbonyl (C=O) groups is 1. The number of nitrogens with zero attached hydrogens (tertiary/aromatic N) is 2. The quantitative estimate of drug-likeness (QED) is 0.588. The number of hydrogen-bond donors (Lipinski definition) is 0. The molecule has 1 saturated heterocycles.